The number of carbonyl (C=O) groups excluding carboxylic acids is 1. The summed E-state index contributed by atoms with van der Waals surface area (Å²) < 4.78 is 0. The maximum absolute atomic E-state index is 12.7. The summed E-state index contributed by atoms with van der Waals surface area (Å²) in [4.78, 5) is 19.2. The molecule has 3 rings (SSSR count). The van der Waals surface area contributed by atoms with E-state index in [2.05, 4.69) is 9.74 Å². The summed E-state index contributed by atoms with van der Waals surface area (Å²) in [5.74, 6) is 0.914. The molecule has 1 aliphatic heterocycles. The molecule has 2 fully saturated rings. The molecule has 2 aliphatic rings. The number of likely N-dealkylation sites (tertiary alicyclic amines) is 1. The van der Waals surface area contributed by atoms with Crippen molar-refractivity contribution in [2.75, 3.05) is 6.54 Å². The van der Waals surface area contributed by atoms with Gasteiger partial charge in [-0.3, -0.25) is 4.79 Å². The van der Waals surface area contributed by atoms with Crippen LogP contribution in [0.25, 0.3) is 4.85 Å². The number of hydrogen-bond donors (Lipinski definition) is 0. The van der Waals surface area contributed by atoms with Gasteiger partial charge >= 0.3 is 0 Å². The molecule has 4 heteroatoms. The van der Waals surface area contributed by atoms with Crippen LogP contribution in [0.1, 0.15) is 53.8 Å². The van der Waals surface area contributed by atoms with Crippen LogP contribution >= 0.6 is 11.3 Å². The van der Waals surface area contributed by atoms with E-state index in [1.165, 1.54) is 43.4 Å². The third kappa shape index (κ3) is 2.60. The molecule has 106 valence electrons. The Morgan fingerprint density at radius 1 is 1.35 bits per heavy atom. The molecule has 0 N–H and O–H groups in total. The maximum Gasteiger partial charge on any atom is 0.254 e. The summed E-state index contributed by atoms with van der Waals surface area (Å²) in [5.41, 5.74) is 0.792. The van der Waals surface area contributed by atoms with Crippen molar-refractivity contribution in [2.24, 2.45) is 5.92 Å². The molecule has 20 heavy (non-hydrogen) atoms. The van der Waals surface area contributed by atoms with Gasteiger partial charge < -0.3 is 9.74 Å². The fourth-order valence-corrected chi connectivity index (χ4v) is 4.48. The molecule has 1 amide bonds. The lowest BCUT2D eigenvalue weighted by Gasteiger charge is -2.44. The average Bonchev–Trinajstić information content (AvgIpc) is 2.95. The average molecular weight is 288 g/mol. The van der Waals surface area contributed by atoms with E-state index in [0.29, 0.717) is 12.6 Å². The van der Waals surface area contributed by atoms with Gasteiger partial charge in [-0.15, -0.1) is 11.3 Å². The molecule has 2 heterocycles. The molecule has 0 radical (unpaired) electrons. The molecule has 1 aliphatic carbocycles. The van der Waals surface area contributed by atoms with E-state index in [1.54, 1.807) is 0 Å². The lowest BCUT2D eigenvalue weighted by Crippen LogP contribution is -2.49. The van der Waals surface area contributed by atoms with Crippen LogP contribution in [-0.2, 0) is 6.54 Å². The van der Waals surface area contributed by atoms with Gasteiger partial charge in [-0.05, 0) is 37.7 Å². The highest BCUT2D eigenvalue weighted by atomic mass is 32.1. The monoisotopic (exact) mass is 288 g/mol. The summed E-state index contributed by atoms with van der Waals surface area (Å²) in [5, 5.41) is 1.93. The quantitative estimate of drug-likeness (QED) is 0.756. The van der Waals surface area contributed by atoms with Crippen molar-refractivity contribution in [3.8, 4) is 0 Å². The number of nitrogens with zero attached hydrogens (tertiary/aromatic N) is 2. The third-order valence-electron chi connectivity index (χ3n) is 4.64. The van der Waals surface area contributed by atoms with Gasteiger partial charge in [0.15, 0.2) is 0 Å². The minimum atomic E-state index is 0.189. The van der Waals surface area contributed by atoms with Crippen LogP contribution in [0.2, 0.25) is 0 Å². The summed E-state index contributed by atoms with van der Waals surface area (Å²) >= 11 is 1.53. The van der Waals surface area contributed by atoms with Gasteiger partial charge in [0, 0.05) is 18.0 Å². The number of amides is 1. The Labute approximate surface area is 124 Å². The lowest BCUT2D eigenvalue weighted by molar-refractivity contribution is 0.0391. The van der Waals surface area contributed by atoms with Crippen molar-refractivity contribution in [3.63, 3.8) is 0 Å². The molecule has 2 atom stereocenters. The van der Waals surface area contributed by atoms with Gasteiger partial charge in [0.1, 0.15) is 0 Å². The fraction of sp³-hybridized carbons (Fsp3) is 0.625. The Bertz CT molecular complexity index is 529. The first kappa shape index (κ1) is 13.6. The Hall–Kier alpha value is -1.34. The highest BCUT2D eigenvalue weighted by molar-refractivity contribution is 7.10. The molecule has 3 nitrogen and oxygen atoms in total. The van der Waals surface area contributed by atoms with Crippen LogP contribution in [0.15, 0.2) is 11.4 Å². The zero-order valence-corrected chi connectivity index (χ0v) is 12.5. The van der Waals surface area contributed by atoms with Gasteiger partial charge in [0.25, 0.3) is 5.91 Å². The lowest BCUT2D eigenvalue weighted by atomic mass is 9.78. The second kappa shape index (κ2) is 5.97. The van der Waals surface area contributed by atoms with E-state index in [-0.39, 0.29) is 5.91 Å². The van der Waals surface area contributed by atoms with E-state index in [4.69, 9.17) is 6.57 Å². The van der Waals surface area contributed by atoms with E-state index in [0.717, 1.165) is 29.3 Å². The zero-order valence-electron chi connectivity index (χ0n) is 11.7. The predicted molar refractivity (Wildman–Crippen MR) is 80.6 cm³/mol. The molecule has 2 unspecified atom stereocenters. The summed E-state index contributed by atoms with van der Waals surface area (Å²) in [6.07, 6.45) is 7.50. The largest absolute Gasteiger partial charge is 0.335 e. The molecule has 0 bridgehead atoms. The number of thiophene rings is 1. The normalized spacial score (nSPS) is 25.9. The van der Waals surface area contributed by atoms with Crippen LogP contribution in [0.4, 0.5) is 0 Å². The first-order chi connectivity index (χ1) is 9.79. The smallest absolute Gasteiger partial charge is 0.254 e. The molecular weight excluding hydrogens is 268 g/mol. The van der Waals surface area contributed by atoms with Crippen LogP contribution in [-0.4, -0.2) is 23.4 Å². The summed E-state index contributed by atoms with van der Waals surface area (Å²) in [6.45, 7) is 8.21. The van der Waals surface area contributed by atoms with Crippen molar-refractivity contribution in [3.05, 3.63) is 33.3 Å². The summed E-state index contributed by atoms with van der Waals surface area (Å²) in [7, 11) is 0. The van der Waals surface area contributed by atoms with E-state index < -0.39 is 0 Å². The van der Waals surface area contributed by atoms with Crippen LogP contribution in [0.3, 0.4) is 0 Å². The molecule has 0 aromatic carbocycles. The standard InChI is InChI=1S/C16H20N2OS/c1-17-10-14-9-13(11-20-14)16(19)18-8-4-6-12-5-2-3-7-15(12)18/h9,11-12,15H,2-8,10H2. The van der Waals surface area contributed by atoms with Crippen LogP contribution in [0.5, 0.6) is 0 Å². The number of fused-ring (bicyclic) bond motifs is 1. The first-order valence-corrected chi connectivity index (χ1v) is 8.39. The zero-order chi connectivity index (χ0) is 13.9. The number of rotatable bonds is 2. The van der Waals surface area contributed by atoms with Crippen molar-refractivity contribution in [1.29, 1.82) is 0 Å². The fourth-order valence-electron chi connectivity index (χ4n) is 3.70. The Kier molecular flexibility index (Phi) is 4.07. The van der Waals surface area contributed by atoms with Gasteiger partial charge in [-0.25, -0.2) is 6.57 Å². The van der Waals surface area contributed by atoms with Crippen LogP contribution in [0, 0.1) is 12.5 Å². The topological polar surface area (TPSA) is 24.7 Å². The van der Waals surface area contributed by atoms with Crippen molar-refractivity contribution in [1.82, 2.24) is 4.90 Å². The molecule has 1 saturated carbocycles. The molecule has 1 aromatic rings. The molecule has 1 aromatic heterocycles. The predicted octanol–water partition coefficient (Wildman–Crippen LogP) is 3.96. The van der Waals surface area contributed by atoms with E-state index in [1.807, 2.05) is 11.4 Å². The van der Waals surface area contributed by atoms with E-state index in [9.17, 15) is 4.79 Å². The minimum Gasteiger partial charge on any atom is -0.335 e. The van der Waals surface area contributed by atoms with Crippen molar-refractivity contribution >= 4 is 17.2 Å². The summed E-state index contributed by atoms with van der Waals surface area (Å²) in [6, 6.07) is 2.38. The van der Waals surface area contributed by atoms with Gasteiger partial charge in [-0.1, -0.05) is 12.8 Å². The second-order valence-corrected chi connectivity index (χ2v) is 6.87. The maximum atomic E-state index is 12.7. The van der Waals surface area contributed by atoms with Gasteiger partial charge in [-0.2, -0.15) is 0 Å². The highest BCUT2D eigenvalue weighted by Gasteiger charge is 2.36. The Morgan fingerprint density at radius 3 is 3.00 bits per heavy atom. The van der Waals surface area contributed by atoms with Crippen molar-refractivity contribution in [2.45, 2.75) is 51.1 Å². The number of piperidine rings is 1. The van der Waals surface area contributed by atoms with Gasteiger partial charge in [0.05, 0.1) is 10.4 Å². The SMILES string of the molecule is [C-]#[N+]Cc1cc(C(=O)N2CCCC3CCCCC32)cs1. The first-order valence-electron chi connectivity index (χ1n) is 7.51. The molecular formula is C16H20N2OS. The highest BCUT2D eigenvalue weighted by Crippen LogP contribution is 2.36. The Balaban J connectivity index is 1.76. The third-order valence-corrected chi connectivity index (χ3v) is 5.56. The van der Waals surface area contributed by atoms with Gasteiger partial charge in [0.2, 0.25) is 6.54 Å². The molecule has 1 saturated heterocycles. The second-order valence-electron chi connectivity index (χ2n) is 5.87. The molecule has 0 spiro atoms. The number of carbonyl (C=O) groups is 1. The Morgan fingerprint density at radius 2 is 2.15 bits per heavy atom. The van der Waals surface area contributed by atoms with E-state index >= 15 is 0 Å². The van der Waals surface area contributed by atoms with Crippen molar-refractivity contribution < 1.29 is 4.79 Å². The number of hydrogen-bond acceptors (Lipinski definition) is 2. The minimum absolute atomic E-state index is 0.189. The van der Waals surface area contributed by atoms with Crippen LogP contribution < -0.4 is 0 Å².